The summed E-state index contributed by atoms with van der Waals surface area (Å²) in [7, 11) is 0. The molecule has 7 nitrogen and oxygen atoms in total. The van der Waals surface area contributed by atoms with Crippen LogP contribution in [-0.4, -0.2) is 54.6 Å². The summed E-state index contributed by atoms with van der Waals surface area (Å²) in [5.41, 5.74) is 1.70. The highest BCUT2D eigenvalue weighted by Crippen LogP contribution is 2.32. The first-order valence-electron chi connectivity index (χ1n) is 9.00. The summed E-state index contributed by atoms with van der Waals surface area (Å²) in [6.07, 6.45) is -1.16. The molecule has 0 bridgehead atoms. The van der Waals surface area contributed by atoms with E-state index in [0.717, 1.165) is 16.9 Å². The summed E-state index contributed by atoms with van der Waals surface area (Å²) < 4.78 is 18.0. The topological polar surface area (TPSA) is 90.9 Å². The number of halogens is 1. The van der Waals surface area contributed by atoms with E-state index in [-0.39, 0.29) is 25.4 Å². The average molecular weight is 381 g/mol. The van der Waals surface area contributed by atoms with Crippen molar-refractivity contribution in [3.8, 4) is 0 Å². The standard InChI is InChI=1S/C19H28FN3O4/c1-12(9-20)23-16-6-5-14(7-13(16)8-17(23)25)21-10-15(24)11-22-18(26)27-19(2,3)4/h5-7,12,15,21,24H,8-11H2,1-4H3,(H,22,26)/t12?,15-/m0/s1. The maximum Gasteiger partial charge on any atom is 0.407 e. The number of nitrogens with zero attached hydrogens (tertiary/aromatic N) is 1. The van der Waals surface area contributed by atoms with Crippen LogP contribution in [0.1, 0.15) is 33.3 Å². The van der Waals surface area contributed by atoms with Gasteiger partial charge in [-0.25, -0.2) is 9.18 Å². The Morgan fingerprint density at radius 3 is 2.70 bits per heavy atom. The minimum absolute atomic E-state index is 0.0487. The fourth-order valence-electron chi connectivity index (χ4n) is 2.83. The van der Waals surface area contributed by atoms with E-state index in [1.807, 2.05) is 6.07 Å². The number of fused-ring (bicyclic) bond motifs is 1. The van der Waals surface area contributed by atoms with Crippen LogP contribution < -0.4 is 15.5 Å². The molecule has 0 saturated heterocycles. The Balaban J connectivity index is 1.86. The van der Waals surface area contributed by atoms with Crippen molar-refractivity contribution in [1.29, 1.82) is 0 Å². The summed E-state index contributed by atoms with van der Waals surface area (Å²) in [5, 5.41) is 15.6. The Morgan fingerprint density at radius 1 is 1.37 bits per heavy atom. The third-order valence-electron chi connectivity index (χ3n) is 4.04. The second-order valence-electron chi connectivity index (χ2n) is 7.70. The fraction of sp³-hybridized carbons (Fsp3) is 0.579. The second kappa shape index (κ2) is 8.56. The van der Waals surface area contributed by atoms with E-state index in [4.69, 9.17) is 4.74 Å². The molecular formula is C19H28FN3O4. The third-order valence-corrected chi connectivity index (χ3v) is 4.04. The number of nitrogens with one attached hydrogen (secondary N) is 2. The molecule has 2 amide bonds. The number of alkyl halides is 1. The monoisotopic (exact) mass is 381 g/mol. The zero-order valence-electron chi connectivity index (χ0n) is 16.2. The molecule has 0 aliphatic carbocycles. The van der Waals surface area contributed by atoms with Gasteiger partial charge in [-0.05, 0) is 51.5 Å². The van der Waals surface area contributed by atoms with E-state index in [0.29, 0.717) is 0 Å². The molecule has 150 valence electrons. The molecule has 2 atom stereocenters. The number of hydrogen-bond acceptors (Lipinski definition) is 5. The lowest BCUT2D eigenvalue weighted by molar-refractivity contribution is -0.117. The number of carbonyl (C=O) groups is 2. The zero-order chi connectivity index (χ0) is 20.2. The summed E-state index contributed by atoms with van der Waals surface area (Å²) in [6.45, 7) is 6.63. The molecule has 0 radical (unpaired) electrons. The Labute approximate surface area is 158 Å². The van der Waals surface area contributed by atoms with Crippen molar-refractivity contribution in [2.75, 3.05) is 30.0 Å². The van der Waals surface area contributed by atoms with Gasteiger partial charge in [-0.3, -0.25) is 4.79 Å². The number of alkyl carbamates (subject to hydrolysis) is 1. The molecule has 1 heterocycles. The maximum atomic E-state index is 12.9. The number of anilines is 2. The number of benzene rings is 1. The van der Waals surface area contributed by atoms with Crippen LogP contribution in [0.3, 0.4) is 0 Å². The fourth-order valence-corrected chi connectivity index (χ4v) is 2.83. The lowest BCUT2D eigenvalue weighted by Crippen LogP contribution is -2.39. The van der Waals surface area contributed by atoms with Crippen molar-refractivity contribution < 1.29 is 23.8 Å². The molecule has 0 spiro atoms. The SMILES string of the molecule is CC(CF)N1C(=O)Cc2cc(NC[C@H](O)CNC(=O)OC(C)(C)C)ccc21. The van der Waals surface area contributed by atoms with Crippen molar-refractivity contribution >= 4 is 23.4 Å². The third kappa shape index (κ3) is 5.82. The number of aliphatic hydroxyl groups is 1. The van der Waals surface area contributed by atoms with Gasteiger partial charge < -0.3 is 25.4 Å². The van der Waals surface area contributed by atoms with Gasteiger partial charge in [0.2, 0.25) is 5.91 Å². The number of aliphatic hydroxyl groups excluding tert-OH is 1. The van der Waals surface area contributed by atoms with Crippen LogP contribution in [0.4, 0.5) is 20.6 Å². The Hall–Kier alpha value is -2.35. The molecule has 1 aliphatic rings. The number of hydrogen-bond donors (Lipinski definition) is 3. The zero-order valence-corrected chi connectivity index (χ0v) is 16.2. The molecule has 27 heavy (non-hydrogen) atoms. The van der Waals surface area contributed by atoms with Gasteiger partial charge in [-0.2, -0.15) is 0 Å². The van der Waals surface area contributed by atoms with Gasteiger partial charge >= 0.3 is 6.09 Å². The van der Waals surface area contributed by atoms with Crippen LogP contribution in [0.25, 0.3) is 0 Å². The van der Waals surface area contributed by atoms with E-state index in [9.17, 15) is 19.1 Å². The van der Waals surface area contributed by atoms with Gasteiger partial charge in [-0.15, -0.1) is 0 Å². The van der Waals surface area contributed by atoms with E-state index >= 15 is 0 Å². The molecule has 0 saturated carbocycles. The minimum Gasteiger partial charge on any atom is -0.444 e. The summed E-state index contributed by atoms with van der Waals surface area (Å²) in [4.78, 5) is 25.2. The lowest BCUT2D eigenvalue weighted by Gasteiger charge is -2.23. The number of carbonyl (C=O) groups excluding carboxylic acids is 2. The number of amides is 2. The van der Waals surface area contributed by atoms with Crippen molar-refractivity contribution in [3.63, 3.8) is 0 Å². The molecule has 3 N–H and O–H groups in total. The summed E-state index contributed by atoms with van der Waals surface area (Å²) in [5.74, 6) is -0.117. The summed E-state index contributed by atoms with van der Waals surface area (Å²) in [6, 6.07) is 4.90. The lowest BCUT2D eigenvalue weighted by atomic mass is 10.1. The van der Waals surface area contributed by atoms with E-state index in [1.54, 1.807) is 39.8 Å². The average Bonchev–Trinajstić information content (AvgIpc) is 2.90. The molecule has 1 aromatic rings. The Bertz CT molecular complexity index is 690. The normalized spacial score (nSPS) is 15.9. The Kier molecular flexibility index (Phi) is 6.64. The maximum absolute atomic E-state index is 12.9. The van der Waals surface area contributed by atoms with Gasteiger partial charge in [-0.1, -0.05) is 0 Å². The first-order valence-corrected chi connectivity index (χ1v) is 9.00. The highest BCUT2D eigenvalue weighted by atomic mass is 19.1. The van der Waals surface area contributed by atoms with Gasteiger partial charge in [0.15, 0.2) is 0 Å². The van der Waals surface area contributed by atoms with Crippen LogP contribution in [0.2, 0.25) is 0 Å². The minimum atomic E-state index is -0.810. The van der Waals surface area contributed by atoms with E-state index in [2.05, 4.69) is 10.6 Å². The first-order chi connectivity index (χ1) is 12.6. The highest BCUT2D eigenvalue weighted by molar-refractivity contribution is 6.02. The van der Waals surface area contributed by atoms with Gasteiger partial charge in [0.1, 0.15) is 12.3 Å². The molecule has 1 unspecified atom stereocenters. The summed E-state index contributed by atoms with van der Waals surface area (Å²) >= 11 is 0. The van der Waals surface area contributed by atoms with Crippen molar-refractivity contribution in [1.82, 2.24) is 5.32 Å². The first kappa shape index (κ1) is 21.0. The number of ether oxygens (including phenoxy) is 1. The van der Waals surface area contributed by atoms with Crippen molar-refractivity contribution in [2.24, 2.45) is 0 Å². The molecule has 0 fully saturated rings. The van der Waals surface area contributed by atoms with Crippen molar-refractivity contribution in [2.45, 2.75) is 51.9 Å². The van der Waals surface area contributed by atoms with Crippen molar-refractivity contribution in [3.05, 3.63) is 23.8 Å². The second-order valence-corrected chi connectivity index (χ2v) is 7.70. The van der Waals surface area contributed by atoms with Gasteiger partial charge in [0, 0.05) is 24.5 Å². The molecule has 8 heteroatoms. The quantitative estimate of drug-likeness (QED) is 0.674. The van der Waals surface area contributed by atoms with Gasteiger partial charge in [0.05, 0.1) is 18.6 Å². The molecule has 2 rings (SSSR count). The van der Waals surface area contributed by atoms with Crippen LogP contribution in [0.15, 0.2) is 18.2 Å². The smallest absolute Gasteiger partial charge is 0.407 e. The van der Waals surface area contributed by atoms with E-state index in [1.165, 1.54) is 4.90 Å². The van der Waals surface area contributed by atoms with E-state index < -0.39 is 30.5 Å². The Morgan fingerprint density at radius 2 is 2.07 bits per heavy atom. The predicted octanol–water partition coefficient (Wildman–Crippen LogP) is 2.23. The molecular weight excluding hydrogens is 353 g/mol. The largest absolute Gasteiger partial charge is 0.444 e. The van der Waals surface area contributed by atoms with Crippen LogP contribution in [0.5, 0.6) is 0 Å². The van der Waals surface area contributed by atoms with Crippen LogP contribution >= 0.6 is 0 Å². The van der Waals surface area contributed by atoms with Gasteiger partial charge in [0.25, 0.3) is 0 Å². The molecule has 0 aromatic heterocycles. The van der Waals surface area contributed by atoms with Crippen LogP contribution in [-0.2, 0) is 16.0 Å². The molecule has 1 aliphatic heterocycles. The predicted molar refractivity (Wildman–Crippen MR) is 102 cm³/mol. The molecule has 1 aromatic carbocycles. The highest BCUT2D eigenvalue weighted by Gasteiger charge is 2.31. The van der Waals surface area contributed by atoms with Crippen LogP contribution in [0, 0.1) is 0 Å². The number of rotatable bonds is 7.